The molecule has 0 spiro atoms. The van der Waals surface area contributed by atoms with Gasteiger partial charge < -0.3 is 5.32 Å². The van der Waals surface area contributed by atoms with Crippen LogP contribution in [0.15, 0.2) is 54.9 Å². The number of benzene rings is 1. The van der Waals surface area contributed by atoms with Gasteiger partial charge in [-0.3, -0.25) is 9.78 Å². The molecule has 0 fully saturated rings. The van der Waals surface area contributed by atoms with Crippen molar-refractivity contribution in [3.05, 3.63) is 66.0 Å². The number of carbonyl (C=O) groups is 1. The Morgan fingerprint density at radius 2 is 2.00 bits per heavy atom. The van der Waals surface area contributed by atoms with E-state index in [0.29, 0.717) is 6.54 Å². The molecule has 0 bridgehead atoms. The summed E-state index contributed by atoms with van der Waals surface area (Å²) in [7, 11) is 0. The van der Waals surface area contributed by atoms with Crippen LogP contribution in [0.4, 0.5) is 0 Å². The summed E-state index contributed by atoms with van der Waals surface area (Å²) in [5, 5.41) is 3.00. The standard InChI is InChI=1S/C17H20N2O/c1-2-7-16(15-9-4-3-5-10-15)17(20)19-13-14-8-6-11-18-12-14/h3-6,8-12,16H,2,7,13H2,1H3,(H,19,20)/t16-/m0/s1. The van der Waals surface area contributed by atoms with Gasteiger partial charge >= 0.3 is 0 Å². The Hall–Kier alpha value is -2.16. The van der Waals surface area contributed by atoms with Crippen molar-refractivity contribution in [1.29, 1.82) is 0 Å². The van der Waals surface area contributed by atoms with Crippen LogP contribution in [0.2, 0.25) is 0 Å². The minimum absolute atomic E-state index is 0.0714. The molecule has 3 nitrogen and oxygen atoms in total. The van der Waals surface area contributed by atoms with E-state index in [-0.39, 0.29) is 11.8 Å². The molecule has 0 saturated heterocycles. The zero-order valence-electron chi connectivity index (χ0n) is 11.8. The van der Waals surface area contributed by atoms with Crippen molar-refractivity contribution < 1.29 is 4.79 Å². The Kier molecular flexibility index (Phi) is 5.30. The van der Waals surface area contributed by atoms with Crippen molar-refractivity contribution in [3.63, 3.8) is 0 Å². The van der Waals surface area contributed by atoms with Crippen LogP contribution in [0.1, 0.15) is 36.8 Å². The quantitative estimate of drug-likeness (QED) is 0.873. The van der Waals surface area contributed by atoms with Gasteiger partial charge in [0, 0.05) is 18.9 Å². The Bertz CT molecular complexity index is 525. The van der Waals surface area contributed by atoms with Gasteiger partial charge in [0.1, 0.15) is 0 Å². The van der Waals surface area contributed by atoms with E-state index in [1.54, 1.807) is 12.4 Å². The van der Waals surface area contributed by atoms with Crippen molar-refractivity contribution in [2.45, 2.75) is 32.2 Å². The molecular weight excluding hydrogens is 248 g/mol. The monoisotopic (exact) mass is 268 g/mol. The zero-order chi connectivity index (χ0) is 14.2. The number of nitrogens with one attached hydrogen (secondary N) is 1. The number of pyridine rings is 1. The minimum atomic E-state index is -0.0714. The van der Waals surface area contributed by atoms with E-state index in [9.17, 15) is 4.79 Å². The predicted octanol–water partition coefficient (Wildman–Crippen LogP) is 3.28. The maximum Gasteiger partial charge on any atom is 0.227 e. The average molecular weight is 268 g/mol. The number of hydrogen-bond acceptors (Lipinski definition) is 2. The summed E-state index contributed by atoms with van der Waals surface area (Å²) in [4.78, 5) is 16.4. The lowest BCUT2D eigenvalue weighted by Gasteiger charge is -2.16. The molecule has 0 unspecified atom stereocenters. The maximum absolute atomic E-state index is 12.4. The number of hydrogen-bond donors (Lipinski definition) is 1. The third-order valence-electron chi connectivity index (χ3n) is 3.29. The summed E-state index contributed by atoms with van der Waals surface area (Å²) in [6.45, 7) is 2.63. The van der Waals surface area contributed by atoms with Crippen LogP contribution in [0.5, 0.6) is 0 Å². The molecule has 3 heteroatoms. The summed E-state index contributed by atoms with van der Waals surface area (Å²) in [5.74, 6) is 0.0137. The highest BCUT2D eigenvalue weighted by Crippen LogP contribution is 2.21. The molecular formula is C17H20N2O. The van der Waals surface area contributed by atoms with E-state index >= 15 is 0 Å². The smallest absolute Gasteiger partial charge is 0.227 e. The van der Waals surface area contributed by atoms with Crippen molar-refractivity contribution in [2.75, 3.05) is 0 Å². The number of carbonyl (C=O) groups excluding carboxylic acids is 1. The van der Waals surface area contributed by atoms with Crippen LogP contribution in [0, 0.1) is 0 Å². The second-order valence-electron chi connectivity index (χ2n) is 4.83. The highest BCUT2D eigenvalue weighted by atomic mass is 16.1. The van der Waals surface area contributed by atoms with Crippen molar-refractivity contribution in [2.24, 2.45) is 0 Å². The Morgan fingerprint density at radius 1 is 1.20 bits per heavy atom. The SMILES string of the molecule is CCC[C@H](C(=O)NCc1cccnc1)c1ccccc1. The first kappa shape index (κ1) is 14.3. The summed E-state index contributed by atoms with van der Waals surface area (Å²) in [5.41, 5.74) is 2.10. The van der Waals surface area contributed by atoms with Crippen LogP contribution in [0.25, 0.3) is 0 Å². The molecule has 1 aromatic heterocycles. The predicted molar refractivity (Wildman–Crippen MR) is 80.2 cm³/mol. The van der Waals surface area contributed by atoms with Gasteiger partial charge in [-0.1, -0.05) is 49.7 Å². The lowest BCUT2D eigenvalue weighted by molar-refractivity contribution is -0.122. The molecule has 0 aliphatic rings. The lowest BCUT2D eigenvalue weighted by atomic mass is 9.93. The molecule has 1 amide bonds. The first-order valence-electron chi connectivity index (χ1n) is 7.03. The van der Waals surface area contributed by atoms with E-state index in [2.05, 4.69) is 17.2 Å². The normalized spacial score (nSPS) is 11.8. The molecule has 20 heavy (non-hydrogen) atoms. The van der Waals surface area contributed by atoms with Gasteiger partial charge in [0.2, 0.25) is 5.91 Å². The summed E-state index contributed by atoms with van der Waals surface area (Å²) in [6.07, 6.45) is 5.36. The molecule has 0 aliphatic heterocycles. The Labute approximate surface area is 120 Å². The van der Waals surface area contributed by atoms with Crippen LogP contribution in [0.3, 0.4) is 0 Å². The fourth-order valence-electron chi connectivity index (χ4n) is 2.24. The summed E-state index contributed by atoms with van der Waals surface area (Å²) >= 11 is 0. The van der Waals surface area contributed by atoms with E-state index < -0.39 is 0 Å². The fourth-order valence-corrected chi connectivity index (χ4v) is 2.24. The van der Waals surface area contributed by atoms with Crippen LogP contribution < -0.4 is 5.32 Å². The average Bonchev–Trinajstić information content (AvgIpc) is 2.52. The molecule has 104 valence electrons. The van der Waals surface area contributed by atoms with Crippen molar-refractivity contribution >= 4 is 5.91 Å². The molecule has 0 saturated carbocycles. The van der Waals surface area contributed by atoms with E-state index in [4.69, 9.17) is 0 Å². The molecule has 0 radical (unpaired) electrons. The first-order chi connectivity index (χ1) is 9.81. The van der Waals surface area contributed by atoms with Gasteiger partial charge in [0.25, 0.3) is 0 Å². The molecule has 1 heterocycles. The molecule has 1 atom stereocenters. The second-order valence-corrected chi connectivity index (χ2v) is 4.83. The van der Waals surface area contributed by atoms with Crippen LogP contribution >= 0.6 is 0 Å². The minimum Gasteiger partial charge on any atom is -0.351 e. The Morgan fingerprint density at radius 3 is 2.65 bits per heavy atom. The summed E-state index contributed by atoms with van der Waals surface area (Å²) < 4.78 is 0. The highest BCUT2D eigenvalue weighted by molar-refractivity contribution is 5.83. The summed E-state index contributed by atoms with van der Waals surface area (Å²) in [6, 6.07) is 13.8. The fraction of sp³-hybridized carbons (Fsp3) is 0.294. The topological polar surface area (TPSA) is 42.0 Å². The van der Waals surface area contributed by atoms with Crippen LogP contribution in [-0.2, 0) is 11.3 Å². The van der Waals surface area contributed by atoms with Gasteiger partial charge in [0.15, 0.2) is 0 Å². The molecule has 2 aromatic rings. The van der Waals surface area contributed by atoms with Gasteiger partial charge in [-0.05, 0) is 23.6 Å². The molecule has 2 rings (SSSR count). The first-order valence-corrected chi connectivity index (χ1v) is 7.03. The third-order valence-corrected chi connectivity index (χ3v) is 3.29. The number of rotatable bonds is 6. The van der Waals surface area contributed by atoms with Gasteiger partial charge in [0.05, 0.1) is 5.92 Å². The molecule has 1 aromatic carbocycles. The van der Waals surface area contributed by atoms with Gasteiger partial charge in [-0.2, -0.15) is 0 Å². The highest BCUT2D eigenvalue weighted by Gasteiger charge is 2.18. The number of aromatic nitrogens is 1. The molecule has 1 N–H and O–H groups in total. The van der Waals surface area contributed by atoms with E-state index in [0.717, 1.165) is 24.0 Å². The van der Waals surface area contributed by atoms with E-state index in [1.807, 2.05) is 42.5 Å². The van der Waals surface area contributed by atoms with Gasteiger partial charge in [-0.15, -0.1) is 0 Å². The maximum atomic E-state index is 12.4. The third kappa shape index (κ3) is 3.92. The van der Waals surface area contributed by atoms with Crippen molar-refractivity contribution in [3.8, 4) is 0 Å². The van der Waals surface area contributed by atoms with Gasteiger partial charge in [-0.25, -0.2) is 0 Å². The second kappa shape index (κ2) is 7.43. The van der Waals surface area contributed by atoms with E-state index in [1.165, 1.54) is 0 Å². The van der Waals surface area contributed by atoms with Crippen molar-refractivity contribution in [1.82, 2.24) is 10.3 Å². The number of amides is 1. The largest absolute Gasteiger partial charge is 0.351 e. The number of nitrogens with zero attached hydrogens (tertiary/aromatic N) is 1. The Balaban J connectivity index is 2.01. The lowest BCUT2D eigenvalue weighted by Crippen LogP contribution is -2.29. The zero-order valence-corrected chi connectivity index (χ0v) is 11.8. The molecule has 0 aliphatic carbocycles. The van der Waals surface area contributed by atoms with Crippen LogP contribution in [-0.4, -0.2) is 10.9 Å².